The molecule has 0 aliphatic heterocycles. The lowest BCUT2D eigenvalue weighted by molar-refractivity contribution is 0.636. The summed E-state index contributed by atoms with van der Waals surface area (Å²) >= 11 is 5.97. The van der Waals surface area contributed by atoms with Crippen LogP contribution in [0, 0.1) is 12.7 Å². The molecule has 0 bridgehead atoms. The second-order valence-corrected chi connectivity index (χ2v) is 5.05. The van der Waals surface area contributed by atoms with Crippen molar-refractivity contribution in [2.45, 2.75) is 33.6 Å². The minimum Gasteiger partial charge on any atom is -0.384 e. The van der Waals surface area contributed by atoms with Gasteiger partial charge in [0.05, 0.1) is 0 Å². The Morgan fingerprint density at radius 1 is 1.32 bits per heavy atom. The molecule has 0 radical (unpaired) electrons. The summed E-state index contributed by atoms with van der Waals surface area (Å²) in [6.45, 7) is 6.94. The molecule has 0 amide bonds. The molecule has 1 N–H and O–H groups in total. The van der Waals surface area contributed by atoms with Crippen LogP contribution in [0.15, 0.2) is 12.1 Å². The van der Waals surface area contributed by atoms with Crippen molar-refractivity contribution in [3.8, 4) is 0 Å². The average Bonchev–Trinajstić information content (AvgIpc) is 2.37. The molecule has 0 saturated carbocycles. The normalized spacial score (nSPS) is 11.0. The molecule has 102 valence electrons. The lowest BCUT2D eigenvalue weighted by Gasteiger charge is -2.16. The van der Waals surface area contributed by atoms with E-state index in [1.54, 1.807) is 6.07 Å². The number of aryl methyl sites for hydroxylation is 1. The monoisotopic (exact) mass is 280 g/mol. The molecule has 0 saturated heterocycles. The van der Waals surface area contributed by atoms with Gasteiger partial charge in [0.2, 0.25) is 0 Å². The first-order valence-corrected chi connectivity index (χ1v) is 6.98. The Balaban J connectivity index is 2.76. The smallest absolute Gasteiger partial charge is 0.150 e. The van der Waals surface area contributed by atoms with Gasteiger partial charge in [0, 0.05) is 28.3 Å². The van der Waals surface area contributed by atoms with E-state index in [1.165, 1.54) is 6.07 Å². The molecular formula is C15H18ClFN2. The van der Waals surface area contributed by atoms with Crippen LogP contribution in [0.5, 0.6) is 0 Å². The molecule has 0 unspecified atom stereocenters. The minimum absolute atomic E-state index is 0.368. The first-order chi connectivity index (χ1) is 9.08. The van der Waals surface area contributed by atoms with E-state index in [0.29, 0.717) is 10.5 Å². The van der Waals surface area contributed by atoms with Crippen LogP contribution in [-0.4, -0.2) is 11.5 Å². The third kappa shape index (κ3) is 2.66. The fraction of sp³-hybridized carbons (Fsp3) is 0.400. The summed E-state index contributed by atoms with van der Waals surface area (Å²) in [6.07, 6.45) is 1.87. The molecule has 2 rings (SSSR count). The minimum atomic E-state index is -0.368. The van der Waals surface area contributed by atoms with Crippen molar-refractivity contribution in [2.24, 2.45) is 0 Å². The summed E-state index contributed by atoms with van der Waals surface area (Å²) in [5.74, 6) is -0.368. The SMILES string of the molecule is CCCNc1c(CC)c(C)nc2c(F)cc(Cl)cc12. The van der Waals surface area contributed by atoms with Gasteiger partial charge in [0.25, 0.3) is 0 Å². The number of hydrogen-bond donors (Lipinski definition) is 1. The number of aromatic nitrogens is 1. The number of halogens is 2. The summed E-state index contributed by atoms with van der Waals surface area (Å²) < 4.78 is 14.0. The van der Waals surface area contributed by atoms with Gasteiger partial charge in [-0.1, -0.05) is 25.4 Å². The Morgan fingerprint density at radius 2 is 2.05 bits per heavy atom. The van der Waals surface area contributed by atoms with Gasteiger partial charge >= 0.3 is 0 Å². The summed E-state index contributed by atoms with van der Waals surface area (Å²) in [6, 6.07) is 3.09. The van der Waals surface area contributed by atoms with E-state index in [9.17, 15) is 4.39 Å². The van der Waals surface area contributed by atoms with Gasteiger partial charge in [-0.2, -0.15) is 0 Å². The maximum atomic E-state index is 14.0. The zero-order valence-corrected chi connectivity index (χ0v) is 12.2. The standard InChI is InChI=1S/C15H18ClFN2/c1-4-6-18-14-11(5-2)9(3)19-15-12(14)7-10(16)8-13(15)17/h7-8H,4-6H2,1-3H3,(H,18,19). The van der Waals surface area contributed by atoms with E-state index < -0.39 is 0 Å². The number of anilines is 1. The van der Waals surface area contributed by atoms with Crippen LogP contribution in [0.1, 0.15) is 31.5 Å². The van der Waals surface area contributed by atoms with Crippen LogP contribution in [0.25, 0.3) is 10.9 Å². The van der Waals surface area contributed by atoms with Crippen LogP contribution in [0.3, 0.4) is 0 Å². The van der Waals surface area contributed by atoms with E-state index in [1.807, 2.05) is 6.92 Å². The molecule has 0 aliphatic rings. The molecule has 1 heterocycles. The van der Waals surface area contributed by atoms with Gasteiger partial charge in [-0.05, 0) is 37.5 Å². The Morgan fingerprint density at radius 3 is 2.68 bits per heavy atom. The second kappa shape index (κ2) is 5.74. The van der Waals surface area contributed by atoms with Crippen LogP contribution < -0.4 is 5.32 Å². The molecule has 4 heteroatoms. The maximum Gasteiger partial charge on any atom is 0.150 e. The number of nitrogens with one attached hydrogen (secondary N) is 1. The molecule has 0 atom stereocenters. The Labute approximate surface area is 118 Å². The van der Waals surface area contributed by atoms with Crippen molar-refractivity contribution in [2.75, 3.05) is 11.9 Å². The maximum absolute atomic E-state index is 14.0. The number of pyridine rings is 1. The molecule has 0 aliphatic carbocycles. The lowest BCUT2D eigenvalue weighted by Crippen LogP contribution is -2.07. The van der Waals surface area contributed by atoms with Gasteiger partial charge in [-0.15, -0.1) is 0 Å². The molecule has 0 fully saturated rings. The topological polar surface area (TPSA) is 24.9 Å². The van der Waals surface area contributed by atoms with E-state index in [0.717, 1.165) is 41.7 Å². The fourth-order valence-corrected chi connectivity index (χ4v) is 2.54. The number of benzene rings is 1. The number of rotatable bonds is 4. The molecule has 19 heavy (non-hydrogen) atoms. The highest BCUT2D eigenvalue weighted by Crippen LogP contribution is 2.32. The molecule has 2 nitrogen and oxygen atoms in total. The molecule has 2 aromatic rings. The van der Waals surface area contributed by atoms with E-state index in [4.69, 9.17) is 11.6 Å². The van der Waals surface area contributed by atoms with Gasteiger partial charge < -0.3 is 5.32 Å². The Bertz CT molecular complexity index is 611. The Hall–Kier alpha value is -1.35. The van der Waals surface area contributed by atoms with Crippen LogP contribution in [-0.2, 0) is 6.42 Å². The first kappa shape index (κ1) is 14.1. The highest BCUT2D eigenvalue weighted by molar-refractivity contribution is 6.31. The van der Waals surface area contributed by atoms with Crippen molar-refractivity contribution < 1.29 is 4.39 Å². The van der Waals surface area contributed by atoms with Crippen molar-refractivity contribution >= 4 is 28.2 Å². The largest absolute Gasteiger partial charge is 0.384 e. The predicted octanol–water partition coefficient (Wildman–Crippen LogP) is 4.72. The number of fused-ring (bicyclic) bond motifs is 1. The first-order valence-electron chi connectivity index (χ1n) is 6.60. The van der Waals surface area contributed by atoms with Crippen molar-refractivity contribution in [1.29, 1.82) is 0 Å². The van der Waals surface area contributed by atoms with Gasteiger partial charge in [-0.3, -0.25) is 0 Å². The zero-order chi connectivity index (χ0) is 14.0. The van der Waals surface area contributed by atoms with E-state index in [-0.39, 0.29) is 5.82 Å². The van der Waals surface area contributed by atoms with Gasteiger partial charge in [0.1, 0.15) is 5.52 Å². The van der Waals surface area contributed by atoms with E-state index >= 15 is 0 Å². The van der Waals surface area contributed by atoms with Gasteiger partial charge in [-0.25, -0.2) is 9.37 Å². The number of hydrogen-bond acceptors (Lipinski definition) is 2. The quantitative estimate of drug-likeness (QED) is 0.876. The summed E-state index contributed by atoms with van der Waals surface area (Å²) in [7, 11) is 0. The molecule has 0 spiro atoms. The predicted molar refractivity (Wildman–Crippen MR) is 79.6 cm³/mol. The zero-order valence-electron chi connectivity index (χ0n) is 11.5. The molecular weight excluding hydrogens is 263 g/mol. The van der Waals surface area contributed by atoms with Crippen LogP contribution in [0.4, 0.5) is 10.1 Å². The lowest BCUT2D eigenvalue weighted by atomic mass is 10.0. The fourth-order valence-electron chi connectivity index (χ4n) is 2.33. The molecule has 1 aromatic carbocycles. The Kier molecular flexibility index (Phi) is 4.25. The highest BCUT2D eigenvalue weighted by Gasteiger charge is 2.14. The highest BCUT2D eigenvalue weighted by atomic mass is 35.5. The van der Waals surface area contributed by atoms with Crippen molar-refractivity contribution in [1.82, 2.24) is 4.98 Å². The third-order valence-corrected chi connectivity index (χ3v) is 3.44. The average molecular weight is 281 g/mol. The van der Waals surface area contributed by atoms with Crippen LogP contribution >= 0.6 is 11.6 Å². The summed E-state index contributed by atoms with van der Waals surface area (Å²) in [5, 5.41) is 4.55. The summed E-state index contributed by atoms with van der Waals surface area (Å²) in [5.41, 5.74) is 3.35. The number of nitrogens with zero attached hydrogens (tertiary/aromatic N) is 1. The van der Waals surface area contributed by atoms with Crippen LogP contribution in [0.2, 0.25) is 5.02 Å². The van der Waals surface area contributed by atoms with Gasteiger partial charge in [0.15, 0.2) is 5.82 Å². The van der Waals surface area contributed by atoms with E-state index in [2.05, 4.69) is 24.1 Å². The summed E-state index contributed by atoms with van der Waals surface area (Å²) in [4.78, 5) is 4.38. The molecule has 1 aromatic heterocycles. The van der Waals surface area contributed by atoms with Crippen molar-refractivity contribution in [3.05, 3.63) is 34.2 Å². The second-order valence-electron chi connectivity index (χ2n) is 4.61. The van der Waals surface area contributed by atoms with Crippen molar-refractivity contribution in [3.63, 3.8) is 0 Å². The third-order valence-electron chi connectivity index (χ3n) is 3.22.